The molecule has 6 heteroatoms. The molecule has 1 amide bonds. The normalized spacial score (nSPS) is 15.1. The second-order valence-electron chi connectivity index (χ2n) is 7.01. The molecule has 2 heterocycles. The topological polar surface area (TPSA) is 58.8 Å². The maximum absolute atomic E-state index is 11.8. The SMILES string of the molecule is CCOC(=O)N1CCN(Cc2nc(-c3cccc4ccccc34)oc2C)CC1. The number of nitrogens with zero attached hydrogens (tertiary/aromatic N) is 3. The number of benzene rings is 2. The van der Waals surface area contributed by atoms with Crippen LogP contribution in [0, 0.1) is 6.92 Å². The average molecular weight is 379 g/mol. The Labute approximate surface area is 164 Å². The van der Waals surface area contributed by atoms with Crippen LogP contribution in [0.2, 0.25) is 0 Å². The minimum absolute atomic E-state index is 0.224. The first-order valence-electron chi connectivity index (χ1n) is 9.74. The molecule has 146 valence electrons. The van der Waals surface area contributed by atoms with Crippen LogP contribution in [0.3, 0.4) is 0 Å². The van der Waals surface area contributed by atoms with Crippen LogP contribution in [0.4, 0.5) is 4.79 Å². The monoisotopic (exact) mass is 379 g/mol. The second-order valence-corrected chi connectivity index (χ2v) is 7.01. The third-order valence-electron chi connectivity index (χ3n) is 5.18. The molecule has 28 heavy (non-hydrogen) atoms. The Balaban J connectivity index is 1.48. The van der Waals surface area contributed by atoms with Crippen molar-refractivity contribution >= 4 is 16.9 Å². The number of carbonyl (C=O) groups is 1. The molecular formula is C22H25N3O3. The number of oxazole rings is 1. The summed E-state index contributed by atoms with van der Waals surface area (Å²) in [5.74, 6) is 1.50. The average Bonchev–Trinajstić information content (AvgIpc) is 3.08. The lowest BCUT2D eigenvalue weighted by atomic mass is 10.0. The molecule has 0 unspecified atom stereocenters. The summed E-state index contributed by atoms with van der Waals surface area (Å²) in [4.78, 5) is 20.7. The van der Waals surface area contributed by atoms with Crippen LogP contribution in [-0.2, 0) is 11.3 Å². The third kappa shape index (κ3) is 3.73. The molecule has 1 aromatic heterocycles. The minimum Gasteiger partial charge on any atom is -0.450 e. The lowest BCUT2D eigenvalue weighted by Gasteiger charge is -2.33. The number of ether oxygens (including phenoxy) is 1. The first kappa shape index (κ1) is 18.5. The fourth-order valence-corrected chi connectivity index (χ4v) is 3.62. The van der Waals surface area contributed by atoms with Crippen LogP contribution in [0.1, 0.15) is 18.4 Å². The van der Waals surface area contributed by atoms with E-state index in [0.717, 1.165) is 42.0 Å². The lowest BCUT2D eigenvalue weighted by molar-refractivity contribution is 0.0774. The van der Waals surface area contributed by atoms with Gasteiger partial charge in [-0.15, -0.1) is 0 Å². The van der Waals surface area contributed by atoms with Gasteiger partial charge >= 0.3 is 6.09 Å². The molecular weight excluding hydrogens is 354 g/mol. The van der Waals surface area contributed by atoms with Gasteiger partial charge in [-0.2, -0.15) is 0 Å². The zero-order valence-electron chi connectivity index (χ0n) is 16.4. The third-order valence-corrected chi connectivity index (χ3v) is 5.18. The number of aromatic nitrogens is 1. The summed E-state index contributed by atoms with van der Waals surface area (Å²) in [7, 11) is 0. The van der Waals surface area contributed by atoms with Gasteiger partial charge in [0.05, 0.1) is 12.3 Å². The molecule has 3 aromatic rings. The van der Waals surface area contributed by atoms with Crippen LogP contribution >= 0.6 is 0 Å². The zero-order valence-corrected chi connectivity index (χ0v) is 16.4. The summed E-state index contributed by atoms with van der Waals surface area (Å²) < 4.78 is 11.1. The van der Waals surface area contributed by atoms with Gasteiger partial charge < -0.3 is 14.1 Å². The summed E-state index contributed by atoms with van der Waals surface area (Å²) in [5, 5.41) is 2.31. The van der Waals surface area contributed by atoms with Crippen LogP contribution in [0.15, 0.2) is 46.9 Å². The van der Waals surface area contributed by atoms with Crippen molar-refractivity contribution in [3.63, 3.8) is 0 Å². The van der Waals surface area contributed by atoms with Crippen molar-refractivity contribution in [1.82, 2.24) is 14.8 Å². The van der Waals surface area contributed by atoms with E-state index in [4.69, 9.17) is 14.1 Å². The van der Waals surface area contributed by atoms with Crippen molar-refractivity contribution in [2.75, 3.05) is 32.8 Å². The first-order valence-corrected chi connectivity index (χ1v) is 9.74. The van der Waals surface area contributed by atoms with Crippen molar-refractivity contribution in [3.05, 3.63) is 53.9 Å². The summed E-state index contributed by atoms with van der Waals surface area (Å²) in [6.45, 7) is 7.87. The number of hydrogen-bond acceptors (Lipinski definition) is 5. The summed E-state index contributed by atoms with van der Waals surface area (Å²) in [6.07, 6.45) is -0.224. The Kier molecular flexibility index (Phi) is 5.30. The highest BCUT2D eigenvalue weighted by atomic mass is 16.6. The molecule has 1 fully saturated rings. The van der Waals surface area contributed by atoms with E-state index < -0.39 is 0 Å². The van der Waals surface area contributed by atoms with E-state index >= 15 is 0 Å². The molecule has 6 nitrogen and oxygen atoms in total. The van der Waals surface area contributed by atoms with Crippen molar-refractivity contribution in [3.8, 4) is 11.5 Å². The molecule has 0 N–H and O–H groups in total. The Hall–Kier alpha value is -2.86. The molecule has 1 aliphatic heterocycles. The summed E-state index contributed by atoms with van der Waals surface area (Å²) in [6, 6.07) is 14.4. The predicted octanol–water partition coefficient (Wildman–Crippen LogP) is 4.08. The van der Waals surface area contributed by atoms with Crippen LogP contribution in [-0.4, -0.2) is 53.7 Å². The number of hydrogen-bond donors (Lipinski definition) is 0. The van der Waals surface area contributed by atoms with E-state index in [1.54, 1.807) is 4.90 Å². The number of piperazine rings is 1. The molecule has 0 spiro atoms. The van der Waals surface area contributed by atoms with E-state index in [1.165, 1.54) is 5.39 Å². The summed E-state index contributed by atoms with van der Waals surface area (Å²) in [5.41, 5.74) is 1.96. The maximum atomic E-state index is 11.8. The molecule has 1 saturated heterocycles. The van der Waals surface area contributed by atoms with E-state index in [-0.39, 0.29) is 6.09 Å². The van der Waals surface area contributed by atoms with Crippen molar-refractivity contribution in [2.24, 2.45) is 0 Å². The van der Waals surface area contributed by atoms with Gasteiger partial charge in [0.2, 0.25) is 5.89 Å². The van der Waals surface area contributed by atoms with Gasteiger partial charge in [0.1, 0.15) is 5.76 Å². The highest BCUT2D eigenvalue weighted by Crippen LogP contribution is 2.29. The molecule has 2 aromatic carbocycles. The van der Waals surface area contributed by atoms with Gasteiger partial charge in [0.25, 0.3) is 0 Å². The smallest absolute Gasteiger partial charge is 0.409 e. The van der Waals surface area contributed by atoms with Gasteiger partial charge in [0, 0.05) is 38.3 Å². The highest BCUT2D eigenvalue weighted by Gasteiger charge is 2.23. The predicted molar refractivity (Wildman–Crippen MR) is 108 cm³/mol. The minimum atomic E-state index is -0.224. The van der Waals surface area contributed by atoms with E-state index in [0.29, 0.717) is 25.6 Å². The van der Waals surface area contributed by atoms with Crippen LogP contribution < -0.4 is 0 Å². The number of aryl methyl sites for hydroxylation is 1. The molecule has 0 saturated carbocycles. The lowest BCUT2D eigenvalue weighted by Crippen LogP contribution is -2.48. The Bertz CT molecular complexity index is 969. The fraction of sp³-hybridized carbons (Fsp3) is 0.364. The van der Waals surface area contributed by atoms with E-state index in [1.807, 2.05) is 32.0 Å². The van der Waals surface area contributed by atoms with Gasteiger partial charge in [0.15, 0.2) is 0 Å². The highest BCUT2D eigenvalue weighted by molar-refractivity contribution is 5.94. The van der Waals surface area contributed by atoms with Crippen molar-refractivity contribution in [1.29, 1.82) is 0 Å². The van der Waals surface area contributed by atoms with Crippen LogP contribution in [0.25, 0.3) is 22.2 Å². The second kappa shape index (κ2) is 8.02. The molecule has 0 aliphatic carbocycles. The maximum Gasteiger partial charge on any atom is 0.409 e. The van der Waals surface area contributed by atoms with Gasteiger partial charge in [-0.25, -0.2) is 9.78 Å². The van der Waals surface area contributed by atoms with Gasteiger partial charge in [-0.3, -0.25) is 4.90 Å². The quantitative estimate of drug-likeness (QED) is 0.684. The van der Waals surface area contributed by atoms with E-state index in [9.17, 15) is 4.79 Å². The molecule has 4 rings (SSSR count). The van der Waals surface area contributed by atoms with Gasteiger partial charge in [-0.05, 0) is 30.7 Å². The number of carbonyl (C=O) groups excluding carboxylic acids is 1. The Morgan fingerprint density at radius 2 is 1.86 bits per heavy atom. The molecule has 0 radical (unpaired) electrons. The van der Waals surface area contributed by atoms with Crippen molar-refractivity contribution in [2.45, 2.75) is 20.4 Å². The van der Waals surface area contributed by atoms with E-state index in [2.05, 4.69) is 29.2 Å². The Morgan fingerprint density at radius 3 is 2.64 bits per heavy atom. The fourth-order valence-electron chi connectivity index (χ4n) is 3.62. The standard InChI is InChI=1S/C22H25N3O3/c1-3-27-22(26)25-13-11-24(12-14-25)15-20-16(2)28-21(23-20)19-10-6-8-17-7-4-5-9-18(17)19/h4-10H,3,11-15H2,1-2H3. The largest absolute Gasteiger partial charge is 0.450 e. The van der Waals surface area contributed by atoms with Crippen LogP contribution in [0.5, 0.6) is 0 Å². The Morgan fingerprint density at radius 1 is 1.11 bits per heavy atom. The van der Waals surface area contributed by atoms with Gasteiger partial charge in [-0.1, -0.05) is 36.4 Å². The first-order chi connectivity index (χ1) is 13.7. The van der Waals surface area contributed by atoms with Crippen molar-refractivity contribution < 1.29 is 13.9 Å². The number of amides is 1. The number of fused-ring (bicyclic) bond motifs is 1. The molecule has 0 atom stereocenters. The molecule has 0 bridgehead atoms. The molecule has 1 aliphatic rings. The summed E-state index contributed by atoms with van der Waals surface area (Å²) >= 11 is 0. The number of rotatable bonds is 4. The zero-order chi connectivity index (χ0) is 19.5.